The molecule has 0 aliphatic heterocycles. The monoisotopic (exact) mass is 258 g/mol. The Hall–Kier alpha value is -1.17. The molecule has 1 aromatic heterocycles. The van der Waals surface area contributed by atoms with Crippen LogP contribution in [0.5, 0.6) is 0 Å². The molecule has 1 amide bonds. The number of nitrogens with zero attached hydrogens (tertiary/aromatic N) is 1. The fourth-order valence-electron chi connectivity index (χ4n) is 1.10. The van der Waals surface area contributed by atoms with Crippen molar-refractivity contribution >= 4 is 23.3 Å². The van der Waals surface area contributed by atoms with Gasteiger partial charge in [-0.2, -0.15) is 0 Å². The number of ether oxygens (including phenoxy) is 1. The average Bonchev–Trinajstić information content (AvgIpc) is 2.32. The summed E-state index contributed by atoms with van der Waals surface area (Å²) >= 11 is 5.68. The van der Waals surface area contributed by atoms with Crippen LogP contribution in [0.25, 0.3) is 0 Å². The van der Waals surface area contributed by atoms with Gasteiger partial charge in [-0.05, 0) is 12.1 Å². The normalized spacial score (nSPS) is 12.2. The Morgan fingerprint density at radius 2 is 2.41 bits per heavy atom. The quantitative estimate of drug-likeness (QED) is 0.755. The van der Waals surface area contributed by atoms with Crippen molar-refractivity contribution in [2.24, 2.45) is 5.92 Å². The number of nitrogens with one attached hydrogen (secondary N) is 1. The van der Waals surface area contributed by atoms with Crippen molar-refractivity contribution in [3.05, 3.63) is 23.4 Å². The molecule has 6 heteroatoms. The van der Waals surface area contributed by atoms with Crippen molar-refractivity contribution in [1.82, 2.24) is 4.98 Å². The summed E-state index contributed by atoms with van der Waals surface area (Å²) in [7, 11) is 0. The van der Waals surface area contributed by atoms with E-state index >= 15 is 0 Å². The number of carbonyl (C=O) groups excluding carboxylic acids is 1. The lowest BCUT2D eigenvalue weighted by Gasteiger charge is -2.11. The maximum absolute atomic E-state index is 11.7. The second kappa shape index (κ2) is 7.21. The Morgan fingerprint density at radius 1 is 1.65 bits per heavy atom. The number of rotatable bonds is 6. The molecule has 0 spiro atoms. The Labute approximate surface area is 105 Å². The molecular weight excluding hydrogens is 244 g/mol. The van der Waals surface area contributed by atoms with E-state index in [1.165, 1.54) is 6.20 Å². The number of hydrogen-bond acceptors (Lipinski definition) is 4. The number of hydrogen-bond donors (Lipinski definition) is 2. The summed E-state index contributed by atoms with van der Waals surface area (Å²) in [5.74, 6) is -0.0369. The molecule has 0 aliphatic rings. The number of amides is 1. The zero-order valence-electron chi connectivity index (χ0n) is 9.52. The van der Waals surface area contributed by atoms with Gasteiger partial charge in [-0.15, -0.1) is 0 Å². The van der Waals surface area contributed by atoms with Crippen molar-refractivity contribution in [2.75, 3.05) is 25.1 Å². The van der Waals surface area contributed by atoms with Crippen LogP contribution in [0.4, 0.5) is 5.82 Å². The Bertz CT molecular complexity index is 356. The zero-order chi connectivity index (χ0) is 12.7. The number of aliphatic hydroxyl groups excluding tert-OH is 1. The molecule has 1 aromatic rings. The van der Waals surface area contributed by atoms with Gasteiger partial charge >= 0.3 is 0 Å². The van der Waals surface area contributed by atoms with E-state index in [1.807, 2.05) is 0 Å². The molecule has 1 heterocycles. The van der Waals surface area contributed by atoms with Crippen molar-refractivity contribution in [2.45, 2.75) is 6.92 Å². The summed E-state index contributed by atoms with van der Waals surface area (Å²) in [6, 6.07) is 3.28. The fraction of sp³-hybridized carbons (Fsp3) is 0.455. The number of halogens is 1. The molecule has 0 bridgehead atoms. The Morgan fingerprint density at radius 3 is 3.00 bits per heavy atom. The lowest BCUT2D eigenvalue weighted by molar-refractivity contribution is -0.121. The summed E-state index contributed by atoms with van der Waals surface area (Å²) in [6.07, 6.45) is 1.46. The third-order valence-corrected chi connectivity index (χ3v) is 2.25. The first kappa shape index (κ1) is 13.9. The van der Waals surface area contributed by atoms with E-state index in [1.54, 1.807) is 19.1 Å². The second-order valence-electron chi connectivity index (χ2n) is 3.55. The first-order valence-corrected chi connectivity index (χ1v) is 5.62. The number of anilines is 1. The maximum atomic E-state index is 11.7. The van der Waals surface area contributed by atoms with Crippen LogP contribution >= 0.6 is 11.6 Å². The van der Waals surface area contributed by atoms with E-state index in [-0.39, 0.29) is 31.6 Å². The van der Waals surface area contributed by atoms with E-state index in [0.29, 0.717) is 10.8 Å². The molecule has 2 N–H and O–H groups in total. The van der Waals surface area contributed by atoms with Crippen LogP contribution in [0.1, 0.15) is 6.92 Å². The first-order chi connectivity index (χ1) is 8.13. The molecule has 1 rings (SSSR count). The van der Waals surface area contributed by atoms with Gasteiger partial charge in [-0.25, -0.2) is 4.98 Å². The SMILES string of the molecule is C[C@@H](COCCO)C(=O)Nc1ccc(Cl)cn1. The van der Waals surface area contributed by atoms with E-state index in [2.05, 4.69) is 10.3 Å². The minimum atomic E-state index is -0.306. The van der Waals surface area contributed by atoms with E-state index in [9.17, 15) is 4.79 Å². The van der Waals surface area contributed by atoms with Crippen molar-refractivity contribution in [3.63, 3.8) is 0 Å². The Balaban J connectivity index is 2.40. The molecule has 0 saturated heterocycles. The highest BCUT2D eigenvalue weighted by Crippen LogP contribution is 2.10. The lowest BCUT2D eigenvalue weighted by Crippen LogP contribution is -2.25. The van der Waals surface area contributed by atoms with Gasteiger partial charge in [0.25, 0.3) is 0 Å². The average molecular weight is 259 g/mol. The largest absolute Gasteiger partial charge is 0.394 e. The summed E-state index contributed by atoms with van der Waals surface area (Å²) in [6.45, 7) is 2.19. The predicted octanol–water partition coefficient (Wildman–Crippen LogP) is 1.32. The lowest BCUT2D eigenvalue weighted by atomic mass is 10.2. The molecule has 0 aliphatic carbocycles. The number of aromatic nitrogens is 1. The van der Waals surface area contributed by atoms with Crippen LogP contribution in [-0.4, -0.2) is 35.8 Å². The molecule has 0 aromatic carbocycles. The fourth-order valence-corrected chi connectivity index (χ4v) is 1.21. The Kier molecular flexibility index (Phi) is 5.90. The second-order valence-corrected chi connectivity index (χ2v) is 3.99. The molecule has 0 fully saturated rings. The predicted molar refractivity (Wildman–Crippen MR) is 64.9 cm³/mol. The van der Waals surface area contributed by atoms with E-state index in [4.69, 9.17) is 21.4 Å². The summed E-state index contributed by atoms with van der Waals surface area (Å²) in [5.41, 5.74) is 0. The molecule has 17 heavy (non-hydrogen) atoms. The minimum Gasteiger partial charge on any atom is -0.394 e. The van der Waals surface area contributed by atoms with Crippen LogP contribution in [0.15, 0.2) is 18.3 Å². The van der Waals surface area contributed by atoms with Gasteiger partial charge < -0.3 is 15.2 Å². The smallest absolute Gasteiger partial charge is 0.230 e. The highest BCUT2D eigenvalue weighted by atomic mass is 35.5. The minimum absolute atomic E-state index is 0.0485. The summed E-state index contributed by atoms with van der Waals surface area (Å²) in [4.78, 5) is 15.6. The molecule has 0 unspecified atom stereocenters. The zero-order valence-corrected chi connectivity index (χ0v) is 10.3. The van der Waals surface area contributed by atoms with Gasteiger partial charge in [0, 0.05) is 6.20 Å². The first-order valence-electron chi connectivity index (χ1n) is 5.24. The van der Waals surface area contributed by atoms with Crippen LogP contribution in [-0.2, 0) is 9.53 Å². The standard InChI is InChI=1S/C11H15ClN2O3/c1-8(7-17-5-4-15)11(16)14-10-3-2-9(12)6-13-10/h2-3,6,8,15H,4-5,7H2,1H3,(H,13,14,16)/t8-/m0/s1. The van der Waals surface area contributed by atoms with Crippen molar-refractivity contribution < 1.29 is 14.6 Å². The van der Waals surface area contributed by atoms with Crippen LogP contribution < -0.4 is 5.32 Å². The van der Waals surface area contributed by atoms with Gasteiger partial charge in [0.15, 0.2) is 0 Å². The highest BCUT2D eigenvalue weighted by molar-refractivity contribution is 6.30. The van der Waals surface area contributed by atoms with Gasteiger partial charge in [-0.3, -0.25) is 4.79 Å². The van der Waals surface area contributed by atoms with Gasteiger partial charge in [0.1, 0.15) is 5.82 Å². The molecule has 0 radical (unpaired) electrons. The van der Waals surface area contributed by atoms with Crippen LogP contribution in [0.2, 0.25) is 5.02 Å². The summed E-state index contributed by atoms with van der Waals surface area (Å²) < 4.78 is 5.07. The third-order valence-electron chi connectivity index (χ3n) is 2.03. The van der Waals surface area contributed by atoms with Gasteiger partial charge in [-0.1, -0.05) is 18.5 Å². The molecule has 1 atom stereocenters. The number of pyridine rings is 1. The molecule has 0 saturated carbocycles. The van der Waals surface area contributed by atoms with Gasteiger partial charge in [0.2, 0.25) is 5.91 Å². The van der Waals surface area contributed by atoms with Crippen molar-refractivity contribution in [1.29, 1.82) is 0 Å². The van der Waals surface area contributed by atoms with E-state index < -0.39 is 0 Å². The third kappa shape index (κ3) is 5.12. The number of carbonyl (C=O) groups is 1. The van der Waals surface area contributed by atoms with Crippen LogP contribution in [0, 0.1) is 5.92 Å². The summed E-state index contributed by atoms with van der Waals surface area (Å²) in [5, 5.41) is 11.7. The molecule has 94 valence electrons. The molecule has 5 nitrogen and oxygen atoms in total. The van der Waals surface area contributed by atoms with Crippen LogP contribution in [0.3, 0.4) is 0 Å². The number of aliphatic hydroxyl groups is 1. The molecular formula is C11H15ClN2O3. The van der Waals surface area contributed by atoms with E-state index in [0.717, 1.165) is 0 Å². The topological polar surface area (TPSA) is 71.5 Å². The highest BCUT2D eigenvalue weighted by Gasteiger charge is 2.13. The maximum Gasteiger partial charge on any atom is 0.230 e. The van der Waals surface area contributed by atoms with Gasteiger partial charge in [0.05, 0.1) is 30.8 Å². The van der Waals surface area contributed by atoms with Crippen molar-refractivity contribution in [3.8, 4) is 0 Å².